The van der Waals surface area contributed by atoms with Crippen molar-refractivity contribution < 1.29 is 19.1 Å². The van der Waals surface area contributed by atoms with Gasteiger partial charge in [-0.3, -0.25) is 14.9 Å². The molecule has 1 aromatic heterocycles. The minimum Gasteiger partial charge on any atom is -0.480 e. The minimum atomic E-state index is -0.972. The normalized spacial score (nSPS) is 11.7. The van der Waals surface area contributed by atoms with E-state index in [0.717, 1.165) is 11.8 Å². The molecular formula is C12H14N2O4S. The Kier molecular flexibility index (Phi) is 5.01. The Hall–Kier alpha value is -1.94. The molecule has 0 saturated heterocycles. The Labute approximate surface area is 114 Å². The van der Waals surface area contributed by atoms with E-state index in [-0.39, 0.29) is 11.6 Å². The van der Waals surface area contributed by atoms with Gasteiger partial charge >= 0.3 is 5.97 Å². The molecule has 19 heavy (non-hydrogen) atoms. The number of carbonyl (C=O) groups excluding carboxylic acids is 1. The summed E-state index contributed by atoms with van der Waals surface area (Å²) < 4.78 is 5.28. The number of amides is 1. The summed E-state index contributed by atoms with van der Waals surface area (Å²) in [7, 11) is 0. The second-order valence-corrected chi connectivity index (χ2v) is 5.27. The van der Waals surface area contributed by atoms with Crippen molar-refractivity contribution in [3.8, 4) is 6.07 Å². The lowest BCUT2D eigenvalue weighted by atomic mass is 10.2. The molecule has 2 N–H and O–H groups in total. The van der Waals surface area contributed by atoms with E-state index in [1.807, 2.05) is 6.07 Å². The first-order valence-corrected chi connectivity index (χ1v) is 6.56. The van der Waals surface area contributed by atoms with Gasteiger partial charge in [-0.1, -0.05) is 0 Å². The van der Waals surface area contributed by atoms with Gasteiger partial charge in [0.2, 0.25) is 11.8 Å². The van der Waals surface area contributed by atoms with E-state index in [4.69, 9.17) is 14.8 Å². The van der Waals surface area contributed by atoms with Crippen molar-refractivity contribution in [2.75, 3.05) is 11.1 Å². The Morgan fingerprint density at radius 1 is 1.53 bits per heavy atom. The molecule has 1 heterocycles. The summed E-state index contributed by atoms with van der Waals surface area (Å²) in [4.78, 5) is 22.2. The van der Waals surface area contributed by atoms with Crippen LogP contribution in [0.2, 0.25) is 0 Å². The smallest absolute Gasteiger partial charge is 0.316 e. The van der Waals surface area contributed by atoms with E-state index in [1.165, 1.54) is 6.92 Å². The van der Waals surface area contributed by atoms with Crippen LogP contribution in [0, 0.1) is 25.2 Å². The van der Waals surface area contributed by atoms with Gasteiger partial charge in [-0.15, -0.1) is 11.8 Å². The fourth-order valence-electron chi connectivity index (χ4n) is 1.28. The molecule has 7 heteroatoms. The lowest BCUT2D eigenvalue weighted by Gasteiger charge is -2.05. The molecule has 0 aromatic carbocycles. The summed E-state index contributed by atoms with van der Waals surface area (Å²) in [5, 5.41) is 19.5. The first-order valence-electron chi connectivity index (χ1n) is 5.51. The molecule has 0 bridgehead atoms. The average molecular weight is 282 g/mol. The van der Waals surface area contributed by atoms with Gasteiger partial charge in [0.15, 0.2) is 0 Å². The van der Waals surface area contributed by atoms with Crippen molar-refractivity contribution in [1.82, 2.24) is 0 Å². The van der Waals surface area contributed by atoms with Crippen LogP contribution in [0.3, 0.4) is 0 Å². The number of aliphatic carboxylic acids is 1. The van der Waals surface area contributed by atoms with Gasteiger partial charge in [0.1, 0.15) is 17.4 Å². The van der Waals surface area contributed by atoms with Crippen molar-refractivity contribution >= 4 is 29.5 Å². The van der Waals surface area contributed by atoms with Crippen LogP contribution >= 0.6 is 11.8 Å². The number of nitrogens with one attached hydrogen (secondary N) is 1. The Bertz CT molecular complexity index is 545. The maximum atomic E-state index is 11.6. The predicted octanol–water partition coefficient (Wildman–Crippen LogP) is 1.91. The van der Waals surface area contributed by atoms with Crippen LogP contribution in [0.25, 0.3) is 0 Å². The fraction of sp³-hybridized carbons (Fsp3) is 0.417. The zero-order valence-corrected chi connectivity index (χ0v) is 11.6. The van der Waals surface area contributed by atoms with Gasteiger partial charge in [-0.05, 0) is 20.8 Å². The number of carbonyl (C=O) groups is 2. The van der Waals surface area contributed by atoms with Crippen LogP contribution < -0.4 is 5.32 Å². The summed E-state index contributed by atoms with van der Waals surface area (Å²) in [6.07, 6.45) is 0. The van der Waals surface area contributed by atoms with Crippen LogP contribution in [0.15, 0.2) is 4.42 Å². The van der Waals surface area contributed by atoms with Crippen molar-refractivity contribution in [2.45, 2.75) is 26.0 Å². The molecule has 1 atom stereocenters. The molecule has 0 saturated carbocycles. The summed E-state index contributed by atoms with van der Waals surface area (Å²) in [5.41, 5.74) is 0.978. The third-order valence-corrected chi connectivity index (χ3v) is 3.69. The topological polar surface area (TPSA) is 103 Å². The second kappa shape index (κ2) is 6.29. The molecule has 102 valence electrons. The number of anilines is 1. The predicted molar refractivity (Wildman–Crippen MR) is 71.1 cm³/mol. The van der Waals surface area contributed by atoms with E-state index in [2.05, 4.69) is 5.32 Å². The highest BCUT2D eigenvalue weighted by atomic mass is 32.2. The number of rotatable bonds is 5. The molecule has 0 fully saturated rings. The van der Waals surface area contributed by atoms with Gasteiger partial charge in [-0.25, -0.2) is 0 Å². The number of carboxylic acid groups (broad SMARTS) is 1. The molecule has 1 aromatic rings. The number of hydrogen-bond acceptors (Lipinski definition) is 5. The van der Waals surface area contributed by atoms with Crippen molar-refractivity contribution in [3.63, 3.8) is 0 Å². The number of thioether (sulfide) groups is 1. The van der Waals surface area contributed by atoms with Crippen molar-refractivity contribution in [3.05, 3.63) is 16.9 Å². The van der Waals surface area contributed by atoms with Crippen LogP contribution in [0.4, 0.5) is 5.88 Å². The van der Waals surface area contributed by atoms with Crippen LogP contribution in [-0.4, -0.2) is 28.0 Å². The number of furan rings is 1. The highest BCUT2D eigenvalue weighted by Crippen LogP contribution is 2.25. The molecule has 1 unspecified atom stereocenters. The highest BCUT2D eigenvalue weighted by Gasteiger charge is 2.18. The number of nitrogens with zero attached hydrogens (tertiary/aromatic N) is 1. The summed E-state index contributed by atoms with van der Waals surface area (Å²) in [5.74, 6) is -0.704. The zero-order valence-electron chi connectivity index (χ0n) is 10.8. The minimum absolute atomic E-state index is 0.0167. The Morgan fingerprint density at radius 3 is 2.68 bits per heavy atom. The Balaban J connectivity index is 2.66. The molecular weight excluding hydrogens is 268 g/mol. The molecule has 0 aliphatic heterocycles. The monoisotopic (exact) mass is 282 g/mol. The van der Waals surface area contributed by atoms with Gasteiger partial charge in [0.05, 0.1) is 11.0 Å². The quantitative estimate of drug-likeness (QED) is 0.855. The van der Waals surface area contributed by atoms with E-state index < -0.39 is 17.1 Å². The SMILES string of the molecule is Cc1oc(NC(=O)CSC(C)C(=O)O)c(C#N)c1C. The van der Waals surface area contributed by atoms with Crippen molar-refractivity contribution in [2.24, 2.45) is 0 Å². The first-order chi connectivity index (χ1) is 8.86. The van der Waals surface area contributed by atoms with Gasteiger partial charge < -0.3 is 9.52 Å². The van der Waals surface area contributed by atoms with Gasteiger partial charge in [0.25, 0.3) is 0 Å². The van der Waals surface area contributed by atoms with Crippen molar-refractivity contribution in [1.29, 1.82) is 5.26 Å². The fourth-order valence-corrected chi connectivity index (χ4v) is 1.90. The summed E-state index contributed by atoms with van der Waals surface area (Å²) in [6, 6.07) is 1.96. The largest absolute Gasteiger partial charge is 0.480 e. The maximum absolute atomic E-state index is 11.6. The summed E-state index contributed by atoms with van der Waals surface area (Å²) >= 11 is 1.00. The highest BCUT2D eigenvalue weighted by molar-refractivity contribution is 8.01. The van der Waals surface area contributed by atoms with Crippen LogP contribution in [0.1, 0.15) is 23.8 Å². The zero-order chi connectivity index (χ0) is 14.6. The van der Waals surface area contributed by atoms with E-state index in [0.29, 0.717) is 16.9 Å². The first kappa shape index (κ1) is 15.1. The van der Waals surface area contributed by atoms with E-state index >= 15 is 0 Å². The third kappa shape index (κ3) is 3.76. The third-order valence-electron chi connectivity index (χ3n) is 2.56. The molecule has 0 aliphatic carbocycles. The number of nitriles is 1. The average Bonchev–Trinajstić information content (AvgIpc) is 2.61. The molecule has 0 aliphatic rings. The number of hydrogen-bond donors (Lipinski definition) is 2. The van der Waals surface area contributed by atoms with Gasteiger partial charge in [-0.2, -0.15) is 5.26 Å². The van der Waals surface area contributed by atoms with Crippen LogP contribution in [0.5, 0.6) is 0 Å². The van der Waals surface area contributed by atoms with Crippen LogP contribution in [-0.2, 0) is 9.59 Å². The molecule has 0 spiro atoms. The lowest BCUT2D eigenvalue weighted by molar-refractivity contribution is -0.136. The molecule has 1 amide bonds. The maximum Gasteiger partial charge on any atom is 0.316 e. The van der Waals surface area contributed by atoms with E-state index in [9.17, 15) is 9.59 Å². The van der Waals surface area contributed by atoms with E-state index in [1.54, 1.807) is 13.8 Å². The van der Waals surface area contributed by atoms with Gasteiger partial charge in [0, 0.05) is 5.56 Å². The molecule has 0 radical (unpaired) electrons. The Morgan fingerprint density at radius 2 is 2.16 bits per heavy atom. The number of carboxylic acids is 1. The molecule has 1 rings (SSSR count). The molecule has 6 nitrogen and oxygen atoms in total. The standard InChI is InChI=1S/C12H14N2O4S/c1-6-7(2)18-11(9(6)4-13)14-10(15)5-19-8(3)12(16)17/h8H,5H2,1-3H3,(H,14,15)(H,16,17). The number of aryl methyl sites for hydroxylation is 1. The lowest BCUT2D eigenvalue weighted by Crippen LogP contribution is -2.19. The second-order valence-electron chi connectivity index (χ2n) is 3.94. The summed E-state index contributed by atoms with van der Waals surface area (Å²) in [6.45, 7) is 4.93.